The third-order valence-electron chi connectivity index (χ3n) is 3.40. The highest BCUT2D eigenvalue weighted by Gasteiger charge is 2.16. The number of unbranched alkanes of at least 4 members (excludes halogenated alkanes) is 1. The number of nitrogens with one attached hydrogen (secondary N) is 1. The second kappa shape index (κ2) is 8.06. The molecule has 0 fully saturated rings. The topological polar surface area (TPSA) is 38.3 Å². The molecule has 1 rings (SSSR count). The van der Waals surface area contributed by atoms with Crippen molar-refractivity contribution in [1.29, 1.82) is 0 Å². The van der Waals surface area contributed by atoms with Crippen molar-refractivity contribution in [2.24, 2.45) is 5.41 Å². The summed E-state index contributed by atoms with van der Waals surface area (Å²) in [5.74, 6) is 1.03. The zero-order valence-corrected chi connectivity index (χ0v) is 14.1. The van der Waals surface area contributed by atoms with Crippen LogP contribution in [0.15, 0.2) is 18.2 Å². The Morgan fingerprint density at radius 2 is 2.00 bits per heavy atom. The van der Waals surface area contributed by atoms with Crippen LogP contribution in [0.4, 0.5) is 0 Å². The Morgan fingerprint density at radius 3 is 2.57 bits per heavy atom. The van der Waals surface area contributed by atoms with Crippen molar-refractivity contribution in [3.8, 4) is 5.75 Å². The minimum Gasteiger partial charge on any atom is -0.496 e. The van der Waals surface area contributed by atoms with Crippen molar-refractivity contribution in [2.45, 2.75) is 59.9 Å². The summed E-state index contributed by atoms with van der Waals surface area (Å²) in [6.45, 7) is 8.98. The summed E-state index contributed by atoms with van der Waals surface area (Å²) in [4.78, 5) is 12.0. The lowest BCUT2D eigenvalue weighted by molar-refractivity contribution is -0.122. The Bertz CT molecular complexity index is 461. The normalized spacial score (nSPS) is 11.3. The molecule has 0 spiro atoms. The molecule has 1 amide bonds. The third kappa shape index (κ3) is 6.19. The van der Waals surface area contributed by atoms with Gasteiger partial charge in [0, 0.05) is 13.0 Å². The molecule has 118 valence electrons. The molecule has 0 aliphatic carbocycles. The molecule has 1 aromatic rings. The Hall–Kier alpha value is -1.51. The molecule has 0 unspecified atom stereocenters. The van der Waals surface area contributed by atoms with Crippen LogP contribution in [0.1, 0.15) is 58.1 Å². The van der Waals surface area contributed by atoms with Gasteiger partial charge in [-0.25, -0.2) is 0 Å². The first-order valence-corrected chi connectivity index (χ1v) is 7.79. The van der Waals surface area contributed by atoms with Crippen LogP contribution in [0, 0.1) is 5.41 Å². The van der Waals surface area contributed by atoms with Crippen molar-refractivity contribution in [2.75, 3.05) is 7.11 Å². The summed E-state index contributed by atoms with van der Waals surface area (Å²) in [6.07, 6.45) is 3.81. The zero-order valence-electron chi connectivity index (χ0n) is 14.1. The van der Waals surface area contributed by atoms with Crippen LogP contribution in [0.3, 0.4) is 0 Å². The molecular weight excluding hydrogens is 262 g/mol. The maximum Gasteiger partial charge on any atom is 0.220 e. The fourth-order valence-electron chi connectivity index (χ4n) is 2.34. The Kier molecular flexibility index (Phi) is 6.73. The van der Waals surface area contributed by atoms with E-state index < -0.39 is 0 Å². The SMILES string of the molecule is CCCCc1c(CNC(=O)CC(C)(C)C)cccc1OC. The fourth-order valence-corrected chi connectivity index (χ4v) is 2.34. The first kappa shape index (κ1) is 17.5. The van der Waals surface area contributed by atoms with Crippen LogP contribution >= 0.6 is 0 Å². The first-order valence-electron chi connectivity index (χ1n) is 7.79. The van der Waals surface area contributed by atoms with Gasteiger partial charge in [0.2, 0.25) is 5.91 Å². The highest BCUT2D eigenvalue weighted by molar-refractivity contribution is 5.76. The average molecular weight is 291 g/mol. The number of hydrogen-bond acceptors (Lipinski definition) is 2. The summed E-state index contributed by atoms with van der Waals surface area (Å²) < 4.78 is 5.46. The summed E-state index contributed by atoms with van der Waals surface area (Å²) in [5, 5.41) is 3.03. The van der Waals surface area contributed by atoms with E-state index >= 15 is 0 Å². The summed E-state index contributed by atoms with van der Waals surface area (Å²) in [5.41, 5.74) is 2.40. The van der Waals surface area contributed by atoms with Crippen molar-refractivity contribution >= 4 is 5.91 Å². The standard InChI is InChI=1S/C18H29NO2/c1-6-7-10-15-14(9-8-11-16(15)21-5)13-19-17(20)12-18(2,3)4/h8-9,11H,6-7,10,12-13H2,1-5H3,(H,19,20). The van der Waals surface area contributed by atoms with Gasteiger partial charge in [0.15, 0.2) is 0 Å². The van der Waals surface area contributed by atoms with Crippen LogP contribution in [0.25, 0.3) is 0 Å². The summed E-state index contributed by atoms with van der Waals surface area (Å²) in [7, 11) is 1.70. The average Bonchev–Trinajstić information content (AvgIpc) is 2.41. The monoisotopic (exact) mass is 291 g/mol. The number of rotatable bonds is 7. The number of carbonyl (C=O) groups excluding carboxylic acids is 1. The van der Waals surface area contributed by atoms with Crippen LogP contribution < -0.4 is 10.1 Å². The maximum absolute atomic E-state index is 12.0. The summed E-state index contributed by atoms with van der Waals surface area (Å²) in [6, 6.07) is 6.05. The Labute approximate surface area is 129 Å². The largest absolute Gasteiger partial charge is 0.496 e. The molecule has 0 aliphatic heterocycles. The lowest BCUT2D eigenvalue weighted by Gasteiger charge is -2.18. The van der Waals surface area contributed by atoms with E-state index in [1.54, 1.807) is 7.11 Å². The minimum atomic E-state index is 0.0174. The number of hydrogen-bond donors (Lipinski definition) is 1. The van der Waals surface area contributed by atoms with Gasteiger partial charge in [-0.15, -0.1) is 0 Å². The molecule has 0 aliphatic rings. The molecule has 0 atom stereocenters. The predicted octanol–water partition coefficient (Wildman–Crippen LogP) is 4.09. The smallest absolute Gasteiger partial charge is 0.220 e. The zero-order chi connectivity index (χ0) is 15.9. The van der Waals surface area contributed by atoms with Crippen molar-refractivity contribution < 1.29 is 9.53 Å². The maximum atomic E-state index is 12.0. The van der Waals surface area contributed by atoms with E-state index in [0.29, 0.717) is 13.0 Å². The highest BCUT2D eigenvalue weighted by Crippen LogP contribution is 2.24. The van der Waals surface area contributed by atoms with Gasteiger partial charge in [0.25, 0.3) is 0 Å². The molecule has 1 N–H and O–H groups in total. The molecule has 21 heavy (non-hydrogen) atoms. The lowest BCUT2D eigenvalue weighted by Crippen LogP contribution is -2.27. The first-order chi connectivity index (χ1) is 9.87. The van der Waals surface area contributed by atoms with E-state index in [1.807, 2.05) is 12.1 Å². The Morgan fingerprint density at radius 1 is 1.29 bits per heavy atom. The highest BCUT2D eigenvalue weighted by atomic mass is 16.5. The van der Waals surface area contributed by atoms with E-state index in [2.05, 4.69) is 39.1 Å². The molecule has 0 saturated heterocycles. The van der Waals surface area contributed by atoms with E-state index in [4.69, 9.17) is 4.74 Å². The van der Waals surface area contributed by atoms with Gasteiger partial charge < -0.3 is 10.1 Å². The lowest BCUT2D eigenvalue weighted by atomic mass is 9.92. The number of benzene rings is 1. The van der Waals surface area contributed by atoms with Crippen molar-refractivity contribution in [3.63, 3.8) is 0 Å². The van der Waals surface area contributed by atoms with Gasteiger partial charge in [-0.2, -0.15) is 0 Å². The number of amides is 1. The van der Waals surface area contributed by atoms with E-state index in [-0.39, 0.29) is 11.3 Å². The van der Waals surface area contributed by atoms with Gasteiger partial charge in [-0.1, -0.05) is 46.2 Å². The van der Waals surface area contributed by atoms with E-state index in [1.165, 1.54) is 5.56 Å². The molecule has 0 heterocycles. The van der Waals surface area contributed by atoms with Gasteiger partial charge in [-0.05, 0) is 35.4 Å². The second-order valence-corrected chi connectivity index (χ2v) is 6.72. The molecule has 1 aromatic carbocycles. The molecule has 0 radical (unpaired) electrons. The van der Waals surface area contributed by atoms with Crippen molar-refractivity contribution in [1.82, 2.24) is 5.32 Å². The third-order valence-corrected chi connectivity index (χ3v) is 3.40. The molecule has 0 bridgehead atoms. The van der Waals surface area contributed by atoms with E-state index in [9.17, 15) is 4.79 Å². The van der Waals surface area contributed by atoms with Gasteiger partial charge >= 0.3 is 0 Å². The molecular formula is C18H29NO2. The quantitative estimate of drug-likeness (QED) is 0.821. The number of ether oxygens (including phenoxy) is 1. The van der Waals surface area contributed by atoms with Crippen LogP contribution in [-0.4, -0.2) is 13.0 Å². The van der Waals surface area contributed by atoms with Crippen LogP contribution in [0.5, 0.6) is 5.75 Å². The fraction of sp³-hybridized carbons (Fsp3) is 0.611. The van der Waals surface area contributed by atoms with Crippen LogP contribution in [-0.2, 0) is 17.8 Å². The van der Waals surface area contributed by atoms with Gasteiger partial charge in [0.05, 0.1) is 7.11 Å². The molecule has 0 aromatic heterocycles. The number of methoxy groups -OCH3 is 1. The van der Waals surface area contributed by atoms with Gasteiger partial charge in [-0.3, -0.25) is 4.79 Å². The number of carbonyl (C=O) groups is 1. The molecule has 3 nitrogen and oxygen atoms in total. The summed E-state index contributed by atoms with van der Waals surface area (Å²) >= 11 is 0. The van der Waals surface area contributed by atoms with E-state index in [0.717, 1.165) is 30.6 Å². The predicted molar refractivity (Wildman–Crippen MR) is 87.5 cm³/mol. The Balaban J connectivity index is 2.75. The second-order valence-electron chi connectivity index (χ2n) is 6.72. The van der Waals surface area contributed by atoms with Crippen molar-refractivity contribution in [3.05, 3.63) is 29.3 Å². The van der Waals surface area contributed by atoms with Gasteiger partial charge in [0.1, 0.15) is 5.75 Å². The molecule has 3 heteroatoms. The minimum absolute atomic E-state index is 0.0174. The van der Waals surface area contributed by atoms with Crippen LogP contribution in [0.2, 0.25) is 0 Å². The molecule has 0 saturated carbocycles.